The first-order valence-electron chi connectivity index (χ1n) is 2.92. The normalized spacial score (nSPS) is 9.27. The van der Waals surface area contributed by atoms with Crippen molar-refractivity contribution in [3.63, 3.8) is 0 Å². The molecule has 0 radical (unpaired) electrons. The molecule has 0 unspecified atom stereocenters. The van der Waals surface area contributed by atoms with Gasteiger partial charge in [-0.05, 0) is 24.3 Å². The second-order valence-electron chi connectivity index (χ2n) is 1.94. The van der Waals surface area contributed by atoms with E-state index in [2.05, 4.69) is 0 Å². The number of hydrogen-bond acceptors (Lipinski definition) is 2. The number of benzene rings is 1. The number of rotatable bonds is 1. The smallest absolute Gasteiger partial charge is 0.240 e. The first-order chi connectivity index (χ1) is 5.24. The Bertz CT molecular complexity index is 258. The molecule has 4 heteroatoms. The van der Waals surface area contributed by atoms with Crippen molar-refractivity contribution in [3.8, 4) is 0 Å². The molecule has 58 valence electrons. The van der Waals surface area contributed by atoms with Gasteiger partial charge < -0.3 is 10.7 Å². The van der Waals surface area contributed by atoms with E-state index in [-0.39, 0.29) is 0 Å². The average Bonchev–Trinajstić information content (AvgIpc) is 2.05. The van der Waals surface area contributed by atoms with Crippen LogP contribution in [0.25, 0.3) is 0 Å². The molecule has 1 aromatic rings. The summed E-state index contributed by atoms with van der Waals surface area (Å²) in [5.41, 5.74) is 1.58. The van der Waals surface area contributed by atoms with Crippen molar-refractivity contribution in [3.05, 3.63) is 40.1 Å². The van der Waals surface area contributed by atoms with Crippen molar-refractivity contribution in [2.24, 2.45) is 0 Å². The summed E-state index contributed by atoms with van der Waals surface area (Å²) in [4.78, 5) is 10.7. The highest BCUT2D eigenvalue weighted by atomic mass is 35.5. The van der Waals surface area contributed by atoms with Crippen molar-refractivity contribution in [1.29, 1.82) is 0 Å². The van der Waals surface area contributed by atoms with Crippen LogP contribution in [-0.4, -0.2) is 5.91 Å². The van der Waals surface area contributed by atoms with Gasteiger partial charge in [0.15, 0.2) is 0 Å². The fourth-order valence-corrected chi connectivity index (χ4v) is 0.786. The Morgan fingerprint density at radius 1 is 1.36 bits per heavy atom. The number of amides is 1. The van der Waals surface area contributed by atoms with E-state index in [0.29, 0.717) is 10.6 Å². The number of nitrogens with one attached hydrogen (secondary N) is 1. The maximum Gasteiger partial charge on any atom is 0.240 e. The quantitative estimate of drug-likeness (QED) is 0.651. The van der Waals surface area contributed by atoms with Crippen molar-refractivity contribution in [1.82, 2.24) is 5.48 Å². The first-order valence-corrected chi connectivity index (χ1v) is 3.30. The van der Waals surface area contributed by atoms with E-state index in [1.54, 1.807) is 12.1 Å². The summed E-state index contributed by atoms with van der Waals surface area (Å²) in [5.74, 6) is -0.651. The van der Waals surface area contributed by atoms with E-state index in [1.165, 1.54) is 17.6 Å². The van der Waals surface area contributed by atoms with Crippen molar-refractivity contribution >= 4 is 17.5 Å². The molecule has 0 saturated carbocycles. The molecule has 0 saturated heterocycles. The Balaban J connectivity index is 2.90. The number of carbonyl (C=O) groups excluding carboxylic acids is 1. The van der Waals surface area contributed by atoms with E-state index in [9.17, 15) is 10.0 Å². The number of halogens is 1. The molecule has 1 amide bonds. The van der Waals surface area contributed by atoms with Gasteiger partial charge in [-0.15, -0.1) is 0 Å². The molecule has 0 aromatic heterocycles. The minimum Gasteiger partial charge on any atom is -0.759 e. The Morgan fingerprint density at radius 3 is 2.36 bits per heavy atom. The molecule has 0 spiro atoms. The second kappa shape index (κ2) is 3.37. The zero-order valence-electron chi connectivity index (χ0n) is 5.50. The van der Waals surface area contributed by atoms with Crippen LogP contribution in [0.2, 0.25) is 5.02 Å². The SMILES string of the molecule is O=C(N[O-])c1ccc(Cl)cc1. The average molecular weight is 171 g/mol. The molecule has 0 aliphatic rings. The van der Waals surface area contributed by atoms with Gasteiger partial charge in [0.1, 0.15) is 0 Å². The lowest BCUT2D eigenvalue weighted by atomic mass is 10.2. The summed E-state index contributed by atoms with van der Waals surface area (Å²) in [7, 11) is 0. The molecule has 0 aliphatic carbocycles. The van der Waals surface area contributed by atoms with E-state index >= 15 is 0 Å². The zero-order valence-corrected chi connectivity index (χ0v) is 6.26. The lowest BCUT2D eigenvalue weighted by molar-refractivity contribution is 0.0970. The van der Waals surface area contributed by atoms with Gasteiger partial charge in [-0.3, -0.25) is 4.79 Å². The molecule has 0 atom stereocenters. The van der Waals surface area contributed by atoms with Crippen LogP contribution in [0, 0.1) is 5.21 Å². The fraction of sp³-hybridized carbons (Fsp3) is 0. The molecular weight excluding hydrogens is 166 g/mol. The van der Waals surface area contributed by atoms with Crippen LogP contribution in [-0.2, 0) is 0 Å². The van der Waals surface area contributed by atoms with Gasteiger partial charge >= 0.3 is 0 Å². The molecular formula is C7H5ClNO2-. The van der Waals surface area contributed by atoms with Crippen LogP contribution in [0.3, 0.4) is 0 Å². The topological polar surface area (TPSA) is 52.2 Å². The zero-order chi connectivity index (χ0) is 8.27. The predicted octanol–water partition coefficient (Wildman–Crippen LogP) is 1.57. The van der Waals surface area contributed by atoms with Crippen molar-refractivity contribution < 1.29 is 4.79 Å². The highest BCUT2D eigenvalue weighted by Crippen LogP contribution is 2.08. The number of hydroxylamine groups is 1. The highest BCUT2D eigenvalue weighted by molar-refractivity contribution is 6.30. The molecule has 3 nitrogen and oxygen atoms in total. The lowest BCUT2D eigenvalue weighted by Gasteiger charge is -2.06. The maximum absolute atomic E-state index is 10.7. The minimum absolute atomic E-state index is 0.310. The van der Waals surface area contributed by atoms with E-state index in [1.807, 2.05) is 0 Å². The monoisotopic (exact) mass is 170 g/mol. The third-order valence-electron chi connectivity index (χ3n) is 1.20. The maximum atomic E-state index is 10.7. The predicted molar refractivity (Wildman–Crippen MR) is 42.3 cm³/mol. The Labute approximate surface area is 68.6 Å². The number of hydrogen-bond donors (Lipinski definition) is 1. The third-order valence-corrected chi connectivity index (χ3v) is 1.45. The Morgan fingerprint density at radius 2 is 1.91 bits per heavy atom. The molecule has 0 fully saturated rings. The van der Waals surface area contributed by atoms with E-state index < -0.39 is 5.91 Å². The lowest BCUT2D eigenvalue weighted by Crippen LogP contribution is -2.15. The third kappa shape index (κ3) is 1.93. The van der Waals surface area contributed by atoms with Crippen LogP contribution < -0.4 is 5.48 Å². The van der Waals surface area contributed by atoms with Gasteiger partial charge in [-0.2, -0.15) is 0 Å². The number of carbonyl (C=O) groups is 1. The summed E-state index contributed by atoms with van der Waals surface area (Å²) in [6.07, 6.45) is 0. The summed E-state index contributed by atoms with van der Waals surface area (Å²) in [6.45, 7) is 0. The second-order valence-corrected chi connectivity index (χ2v) is 2.37. The molecule has 1 aromatic carbocycles. The molecule has 1 N–H and O–H groups in total. The fourth-order valence-electron chi connectivity index (χ4n) is 0.660. The first kappa shape index (κ1) is 8.04. The molecule has 11 heavy (non-hydrogen) atoms. The van der Waals surface area contributed by atoms with Gasteiger partial charge in [-0.1, -0.05) is 11.6 Å². The molecule has 0 bridgehead atoms. The summed E-state index contributed by atoms with van der Waals surface area (Å²) in [5, 5.41) is 10.4. The van der Waals surface area contributed by atoms with Crippen LogP contribution in [0.4, 0.5) is 0 Å². The van der Waals surface area contributed by atoms with Crippen LogP contribution >= 0.6 is 11.6 Å². The van der Waals surface area contributed by atoms with Gasteiger partial charge in [-0.25, -0.2) is 0 Å². The Hall–Kier alpha value is -1.06. The van der Waals surface area contributed by atoms with Gasteiger partial charge in [0.25, 0.3) is 0 Å². The molecule has 0 heterocycles. The molecule has 1 rings (SSSR count). The van der Waals surface area contributed by atoms with Gasteiger partial charge in [0.2, 0.25) is 5.91 Å². The summed E-state index contributed by atoms with van der Waals surface area (Å²) < 4.78 is 0. The van der Waals surface area contributed by atoms with E-state index in [0.717, 1.165) is 0 Å². The van der Waals surface area contributed by atoms with Gasteiger partial charge in [0.05, 0.1) is 0 Å². The Kier molecular flexibility index (Phi) is 2.46. The van der Waals surface area contributed by atoms with E-state index in [4.69, 9.17) is 11.6 Å². The summed E-state index contributed by atoms with van der Waals surface area (Å²) >= 11 is 5.55. The summed E-state index contributed by atoms with van der Waals surface area (Å²) in [6, 6.07) is 6.06. The standard InChI is InChI=1S/C7H5ClNO2/c8-6-3-1-5(2-4-6)7(10)9-11/h1-4H,(H-,9,10,11)/q-1. The van der Waals surface area contributed by atoms with Crippen LogP contribution in [0.5, 0.6) is 0 Å². The van der Waals surface area contributed by atoms with Crippen molar-refractivity contribution in [2.45, 2.75) is 0 Å². The molecule has 0 aliphatic heterocycles. The minimum atomic E-state index is -0.651. The van der Waals surface area contributed by atoms with Crippen LogP contribution in [0.15, 0.2) is 24.3 Å². The van der Waals surface area contributed by atoms with Crippen LogP contribution in [0.1, 0.15) is 10.4 Å². The van der Waals surface area contributed by atoms with Crippen molar-refractivity contribution in [2.75, 3.05) is 0 Å². The highest BCUT2D eigenvalue weighted by Gasteiger charge is 1.98. The largest absolute Gasteiger partial charge is 0.759 e. The van der Waals surface area contributed by atoms with Gasteiger partial charge in [0, 0.05) is 10.6 Å².